The summed E-state index contributed by atoms with van der Waals surface area (Å²) in [6.45, 7) is 10.8. The van der Waals surface area contributed by atoms with Gasteiger partial charge in [0.1, 0.15) is 23.5 Å². The molecule has 1 aliphatic heterocycles. The molecular weight excluding hydrogens is 424 g/mol. The Morgan fingerprint density at radius 3 is 2.68 bits per heavy atom. The molecule has 1 fully saturated rings. The Kier molecular flexibility index (Phi) is 6.34. The van der Waals surface area contributed by atoms with Gasteiger partial charge in [0.15, 0.2) is 0 Å². The molecule has 2 aromatic heterocycles. The van der Waals surface area contributed by atoms with E-state index in [9.17, 15) is 4.79 Å². The van der Waals surface area contributed by atoms with Crippen LogP contribution in [0.3, 0.4) is 0 Å². The number of nitrogen functional groups attached to an aromatic ring is 1. The largest absolute Gasteiger partial charge is 0.383 e. The Bertz CT molecular complexity index is 1300. The molecule has 176 valence electrons. The van der Waals surface area contributed by atoms with Crippen molar-refractivity contribution in [3.8, 4) is 11.8 Å². The molecule has 7 nitrogen and oxygen atoms in total. The van der Waals surface area contributed by atoms with Crippen LogP contribution >= 0.6 is 0 Å². The molecule has 0 bridgehead atoms. The lowest BCUT2D eigenvalue weighted by molar-refractivity contribution is 0.0913. The molecule has 34 heavy (non-hydrogen) atoms. The molecule has 3 aromatic rings. The molecule has 7 heteroatoms. The van der Waals surface area contributed by atoms with E-state index >= 15 is 0 Å². The quantitative estimate of drug-likeness (QED) is 0.561. The molecule has 4 rings (SSSR count). The number of likely N-dealkylation sites (tertiary alicyclic amines) is 1. The fourth-order valence-corrected chi connectivity index (χ4v) is 4.86. The summed E-state index contributed by atoms with van der Waals surface area (Å²) in [6.07, 6.45) is 6.52. The number of hydrogen-bond donors (Lipinski definition) is 2. The summed E-state index contributed by atoms with van der Waals surface area (Å²) in [6, 6.07) is 10.4. The molecule has 0 saturated carbocycles. The molecular formula is C27H32N6O. The van der Waals surface area contributed by atoms with Crippen molar-refractivity contribution in [3.05, 3.63) is 65.8 Å². The number of fused-ring (bicyclic) bond motifs is 1. The van der Waals surface area contributed by atoms with Crippen molar-refractivity contribution < 1.29 is 4.79 Å². The molecule has 0 unspecified atom stereocenters. The van der Waals surface area contributed by atoms with E-state index < -0.39 is 5.54 Å². The molecule has 3 heterocycles. The molecule has 0 spiro atoms. The summed E-state index contributed by atoms with van der Waals surface area (Å²) < 4.78 is 2.09. The molecule has 0 aliphatic carbocycles. The highest BCUT2D eigenvalue weighted by Gasteiger charge is 2.35. The lowest BCUT2D eigenvalue weighted by Crippen LogP contribution is -2.41. The Morgan fingerprint density at radius 1 is 1.26 bits per heavy atom. The third-order valence-corrected chi connectivity index (χ3v) is 6.51. The number of nitrogens with two attached hydrogens (primary N) is 1. The van der Waals surface area contributed by atoms with Crippen molar-refractivity contribution in [3.63, 3.8) is 0 Å². The number of aromatic nitrogens is 3. The van der Waals surface area contributed by atoms with Crippen LogP contribution in [0.5, 0.6) is 0 Å². The zero-order valence-corrected chi connectivity index (χ0v) is 20.5. The number of nitrogens with zero attached hydrogens (tertiary/aromatic N) is 4. The Labute approximate surface area is 201 Å². The van der Waals surface area contributed by atoms with E-state index in [2.05, 4.69) is 49.7 Å². The van der Waals surface area contributed by atoms with Gasteiger partial charge in [0.25, 0.3) is 5.91 Å². The predicted octanol–water partition coefficient (Wildman–Crippen LogP) is 4.22. The van der Waals surface area contributed by atoms with Gasteiger partial charge in [0.05, 0.1) is 22.5 Å². The summed E-state index contributed by atoms with van der Waals surface area (Å²) in [7, 11) is 0. The van der Waals surface area contributed by atoms with E-state index in [0.717, 1.165) is 18.5 Å². The summed E-state index contributed by atoms with van der Waals surface area (Å²) in [5.41, 5.74) is 8.45. The molecule has 0 radical (unpaired) electrons. The number of amides is 1. The smallest absolute Gasteiger partial charge is 0.255 e. The van der Waals surface area contributed by atoms with Crippen molar-refractivity contribution >= 4 is 22.8 Å². The minimum atomic E-state index is -0.599. The van der Waals surface area contributed by atoms with Crippen LogP contribution in [0.1, 0.15) is 68.7 Å². The van der Waals surface area contributed by atoms with E-state index in [-0.39, 0.29) is 17.8 Å². The van der Waals surface area contributed by atoms with Gasteiger partial charge in [-0.1, -0.05) is 42.3 Å². The standard InChI is InChI=1S/C27H32N6O/c1-6-11-21-22(26(34)31-27(4,5)19-12-9-8-10-13-19)23-24(28)29-17-30-25(23)33(21)20-15-18(3)32(16-20)14-7-2/h7-10,12-14,17-18,20H,15-16H2,1-5H3,(H,31,34)(H2,28,29,30)/t18-,20+/m0/s1. The van der Waals surface area contributed by atoms with Crippen molar-refractivity contribution in [2.45, 2.75) is 58.7 Å². The number of anilines is 1. The van der Waals surface area contributed by atoms with Crippen molar-refractivity contribution in [1.82, 2.24) is 24.8 Å². The Morgan fingerprint density at radius 2 is 2.00 bits per heavy atom. The predicted molar refractivity (Wildman–Crippen MR) is 136 cm³/mol. The highest BCUT2D eigenvalue weighted by molar-refractivity contribution is 6.12. The third kappa shape index (κ3) is 4.12. The zero-order valence-electron chi connectivity index (χ0n) is 20.5. The van der Waals surface area contributed by atoms with Gasteiger partial charge in [-0.3, -0.25) is 4.79 Å². The van der Waals surface area contributed by atoms with Crippen LogP contribution in [0.15, 0.2) is 48.9 Å². The summed E-state index contributed by atoms with van der Waals surface area (Å²) in [5.74, 6) is 6.23. The van der Waals surface area contributed by atoms with Crippen LogP contribution in [-0.4, -0.2) is 37.9 Å². The van der Waals surface area contributed by atoms with E-state index in [1.165, 1.54) is 6.33 Å². The van der Waals surface area contributed by atoms with Crippen molar-refractivity contribution in [1.29, 1.82) is 0 Å². The van der Waals surface area contributed by atoms with Crippen LogP contribution in [0.25, 0.3) is 11.0 Å². The van der Waals surface area contributed by atoms with E-state index in [0.29, 0.717) is 28.3 Å². The average Bonchev–Trinajstić information content (AvgIpc) is 3.32. The van der Waals surface area contributed by atoms with Gasteiger partial charge in [0, 0.05) is 12.6 Å². The maximum Gasteiger partial charge on any atom is 0.255 e. The first-order valence-electron chi connectivity index (χ1n) is 11.6. The second-order valence-electron chi connectivity index (χ2n) is 9.29. The number of carbonyl (C=O) groups excluding carboxylic acids is 1. The molecule has 1 amide bonds. The number of nitrogens with one attached hydrogen (secondary N) is 1. The number of hydrogen-bond acceptors (Lipinski definition) is 5. The first kappa shape index (κ1) is 23.4. The van der Waals surface area contributed by atoms with Gasteiger partial charge in [0.2, 0.25) is 0 Å². The fraction of sp³-hybridized carbons (Fsp3) is 0.370. The monoisotopic (exact) mass is 456 g/mol. The lowest BCUT2D eigenvalue weighted by Gasteiger charge is -2.27. The van der Waals surface area contributed by atoms with E-state index in [4.69, 9.17) is 5.73 Å². The summed E-state index contributed by atoms with van der Waals surface area (Å²) in [5, 5.41) is 3.75. The number of allylic oxidation sites excluding steroid dienone is 1. The zero-order chi connectivity index (χ0) is 24.5. The Hall–Kier alpha value is -3.79. The van der Waals surface area contributed by atoms with Gasteiger partial charge in [-0.2, -0.15) is 0 Å². The van der Waals surface area contributed by atoms with Crippen LogP contribution in [0.4, 0.5) is 5.82 Å². The maximum atomic E-state index is 13.8. The third-order valence-electron chi connectivity index (χ3n) is 6.51. The SMILES string of the molecule is CC#Cc1c(C(=O)NC(C)(C)c2ccccc2)c2c(N)ncnc2n1[C@@H]1C[C@H](C)N(C=CC)C1. The number of rotatable bonds is 5. The first-order chi connectivity index (χ1) is 16.3. The normalized spacial score (nSPS) is 18.3. The Balaban J connectivity index is 1.86. The fourth-order valence-electron chi connectivity index (χ4n) is 4.86. The topological polar surface area (TPSA) is 89.1 Å². The van der Waals surface area contributed by atoms with E-state index in [1.54, 1.807) is 6.92 Å². The van der Waals surface area contributed by atoms with Crippen LogP contribution in [0.2, 0.25) is 0 Å². The first-order valence-corrected chi connectivity index (χ1v) is 11.6. The van der Waals surface area contributed by atoms with Gasteiger partial charge in [-0.25, -0.2) is 9.97 Å². The molecule has 1 aliphatic rings. The van der Waals surface area contributed by atoms with Gasteiger partial charge in [-0.05, 0) is 58.7 Å². The van der Waals surface area contributed by atoms with Crippen LogP contribution in [-0.2, 0) is 5.54 Å². The molecule has 1 aromatic carbocycles. The lowest BCUT2D eigenvalue weighted by atomic mass is 9.93. The molecule has 2 atom stereocenters. The highest BCUT2D eigenvalue weighted by Crippen LogP contribution is 2.36. The second kappa shape index (κ2) is 9.22. The van der Waals surface area contributed by atoms with Crippen molar-refractivity contribution in [2.75, 3.05) is 12.3 Å². The minimum absolute atomic E-state index is 0.0996. The molecule has 1 saturated heterocycles. The van der Waals surface area contributed by atoms with Crippen LogP contribution in [0, 0.1) is 11.8 Å². The molecule has 3 N–H and O–H groups in total. The maximum absolute atomic E-state index is 13.8. The van der Waals surface area contributed by atoms with E-state index in [1.807, 2.05) is 57.2 Å². The number of carbonyl (C=O) groups is 1. The summed E-state index contributed by atoms with van der Waals surface area (Å²) >= 11 is 0. The minimum Gasteiger partial charge on any atom is -0.383 e. The van der Waals surface area contributed by atoms with Gasteiger partial charge < -0.3 is 20.5 Å². The average molecular weight is 457 g/mol. The second-order valence-corrected chi connectivity index (χ2v) is 9.29. The van der Waals surface area contributed by atoms with Gasteiger partial charge >= 0.3 is 0 Å². The van der Waals surface area contributed by atoms with Gasteiger partial charge in [-0.15, -0.1) is 0 Å². The number of benzene rings is 1. The summed E-state index contributed by atoms with van der Waals surface area (Å²) in [4.78, 5) is 24.9. The van der Waals surface area contributed by atoms with Crippen LogP contribution < -0.4 is 11.1 Å². The van der Waals surface area contributed by atoms with Crippen molar-refractivity contribution in [2.24, 2.45) is 0 Å². The highest BCUT2D eigenvalue weighted by atomic mass is 16.1.